The molecule has 5 nitrogen and oxygen atoms in total. The summed E-state index contributed by atoms with van der Waals surface area (Å²) >= 11 is 0. The van der Waals surface area contributed by atoms with E-state index >= 15 is 0 Å². The number of ether oxygens (including phenoxy) is 1. The highest BCUT2D eigenvalue weighted by atomic mass is 16.5. The number of nitrogens with zero attached hydrogens (tertiary/aromatic N) is 4. The van der Waals surface area contributed by atoms with E-state index in [1.807, 2.05) is 43.6 Å². The summed E-state index contributed by atoms with van der Waals surface area (Å²) in [7, 11) is 1.92. The Balaban J connectivity index is 1.53. The van der Waals surface area contributed by atoms with E-state index < -0.39 is 0 Å². The summed E-state index contributed by atoms with van der Waals surface area (Å²) in [5, 5.41) is 4.46. The summed E-state index contributed by atoms with van der Waals surface area (Å²) in [5.41, 5.74) is 3.56. The molecule has 5 heteroatoms. The van der Waals surface area contributed by atoms with Crippen molar-refractivity contribution in [1.29, 1.82) is 0 Å². The number of hydrogen-bond acceptors (Lipinski definition) is 4. The van der Waals surface area contributed by atoms with Gasteiger partial charge in [-0.2, -0.15) is 5.10 Å². The molecule has 0 saturated heterocycles. The second kappa shape index (κ2) is 6.09. The lowest BCUT2D eigenvalue weighted by atomic mass is 10.1. The van der Waals surface area contributed by atoms with Crippen LogP contribution < -0.4 is 14.5 Å². The van der Waals surface area contributed by atoms with Gasteiger partial charge in [0.2, 0.25) is 5.88 Å². The monoisotopic (exact) mass is 346 g/mol. The summed E-state index contributed by atoms with van der Waals surface area (Å²) in [6, 6.07) is 19.3. The summed E-state index contributed by atoms with van der Waals surface area (Å²) < 4.78 is 7.98. The number of anilines is 3. The Morgan fingerprint density at radius 3 is 2.38 bits per heavy atom. The maximum atomic E-state index is 6.18. The van der Waals surface area contributed by atoms with Gasteiger partial charge in [0.25, 0.3) is 0 Å². The van der Waals surface area contributed by atoms with E-state index in [9.17, 15) is 0 Å². The quantitative estimate of drug-likeness (QED) is 0.704. The average Bonchev–Trinajstić information content (AvgIpc) is 3.47. The van der Waals surface area contributed by atoms with Crippen molar-refractivity contribution >= 4 is 17.1 Å². The number of rotatable bonds is 4. The third kappa shape index (κ3) is 2.60. The lowest BCUT2D eigenvalue weighted by molar-refractivity contribution is 0.431. The standard InChI is InChI=1S/C21H22N4O/c1-23-21(26-17-7-3-2-4-8-17)20(15-22-23)25-14-13-24(16-11-12-16)18-9-5-6-10-19(18)25/h2-10,15-16H,11-14H2,1H3. The van der Waals surface area contributed by atoms with Gasteiger partial charge in [0.15, 0.2) is 0 Å². The van der Waals surface area contributed by atoms with Gasteiger partial charge in [-0.05, 0) is 37.1 Å². The summed E-state index contributed by atoms with van der Waals surface area (Å²) in [4.78, 5) is 4.89. The van der Waals surface area contributed by atoms with E-state index in [4.69, 9.17) is 4.74 Å². The van der Waals surface area contributed by atoms with Crippen LogP contribution in [0.5, 0.6) is 11.6 Å². The van der Waals surface area contributed by atoms with Crippen molar-refractivity contribution in [2.24, 2.45) is 7.05 Å². The molecule has 26 heavy (non-hydrogen) atoms. The molecule has 0 amide bonds. The van der Waals surface area contributed by atoms with E-state index in [0.29, 0.717) is 6.04 Å². The van der Waals surface area contributed by atoms with Crippen molar-refractivity contribution in [3.05, 3.63) is 60.8 Å². The molecule has 132 valence electrons. The number of aryl methyl sites for hydroxylation is 1. The van der Waals surface area contributed by atoms with Crippen LogP contribution in [0, 0.1) is 0 Å². The summed E-state index contributed by atoms with van der Waals surface area (Å²) in [5.74, 6) is 1.59. The van der Waals surface area contributed by atoms with E-state index in [2.05, 4.69) is 39.2 Å². The molecule has 2 heterocycles. The van der Waals surface area contributed by atoms with Crippen LogP contribution in [0.25, 0.3) is 0 Å². The number of para-hydroxylation sites is 3. The van der Waals surface area contributed by atoms with Crippen LogP contribution in [0.2, 0.25) is 0 Å². The molecule has 1 aliphatic carbocycles. The zero-order valence-corrected chi connectivity index (χ0v) is 14.9. The van der Waals surface area contributed by atoms with Gasteiger partial charge in [0.05, 0.1) is 17.6 Å². The second-order valence-corrected chi connectivity index (χ2v) is 6.94. The van der Waals surface area contributed by atoms with Crippen molar-refractivity contribution in [3.8, 4) is 11.6 Å². The van der Waals surface area contributed by atoms with Gasteiger partial charge in [0, 0.05) is 26.2 Å². The van der Waals surface area contributed by atoms with Gasteiger partial charge in [0.1, 0.15) is 11.4 Å². The summed E-state index contributed by atoms with van der Waals surface area (Å²) in [6.07, 6.45) is 4.52. The Kier molecular flexibility index (Phi) is 3.59. The Morgan fingerprint density at radius 2 is 1.62 bits per heavy atom. The molecule has 0 atom stereocenters. The molecule has 1 saturated carbocycles. The highest BCUT2D eigenvalue weighted by Gasteiger charge is 2.35. The lowest BCUT2D eigenvalue weighted by Gasteiger charge is -2.38. The van der Waals surface area contributed by atoms with Crippen LogP contribution in [-0.2, 0) is 7.05 Å². The summed E-state index contributed by atoms with van der Waals surface area (Å²) in [6.45, 7) is 1.96. The van der Waals surface area contributed by atoms with Gasteiger partial charge in [-0.15, -0.1) is 0 Å². The molecule has 1 aromatic heterocycles. The minimum absolute atomic E-state index is 0.715. The molecule has 3 aromatic rings. The molecule has 0 radical (unpaired) electrons. The molecule has 2 aliphatic rings. The van der Waals surface area contributed by atoms with E-state index in [0.717, 1.165) is 30.4 Å². The van der Waals surface area contributed by atoms with Crippen molar-refractivity contribution in [2.45, 2.75) is 18.9 Å². The first kappa shape index (κ1) is 15.3. The van der Waals surface area contributed by atoms with Crippen LogP contribution in [0.15, 0.2) is 60.8 Å². The van der Waals surface area contributed by atoms with Gasteiger partial charge < -0.3 is 14.5 Å². The molecule has 0 N–H and O–H groups in total. The maximum absolute atomic E-state index is 6.18. The minimum atomic E-state index is 0.715. The molecule has 0 bridgehead atoms. The SMILES string of the molecule is Cn1ncc(N2CCN(C3CC3)c3ccccc32)c1Oc1ccccc1. The molecule has 1 aliphatic heterocycles. The van der Waals surface area contributed by atoms with Crippen LogP contribution in [0.4, 0.5) is 17.1 Å². The highest BCUT2D eigenvalue weighted by Crippen LogP contribution is 2.45. The Bertz CT molecular complexity index is 917. The molecular formula is C21H22N4O. The van der Waals surface area contributed by atoms with Crippen LogP contribution in [-0.4, -0.2) is 28.9 Å². The third-order valence-electron chi connectivity index (χ3n) is 5.15. The molecule has 2 aromatic carbocycles. The molecule has 0 unspecified atom stereocenters. The Hall–Kier alpha value is -2.95. The largest absolute Gasteiger partial charge is 0.437 e. The van der Waals surface area contributed by atoms with Crippen molar-refractivity contribution < 1.29 is 4.74 Å². The second-order valence-electron chi connectivity index (χ2n) is 6.94. The van der Waals surface area contributed by atoms with Crippen molar-refractivity contribution in [3.63, 3.8) is 0 Å². The van der Waals surface area contributed by atoms with E-state index in [-0.39, 0.29) is 0 Å². The number of aromatic nitrogens is 2. The Labute approximate surface area is 153 Å². The molecule has 1 fully saturated rings. The molecule has 0 spiro atoms. The maximum Gasteiger partial charge on any atom is 0.241 e. The van der Waals surface area contributed by atoms with Gasteiger partial charge in [-0.25, -0.2) is 4.68 Å². The lowest BCUT2D eigenvalue weighted by Crippen LogP contribution is -2.40. The molecular weight excluding hydrogens is 324 g/mol. The predicted molar refractivity (Wildman–Crippen MR) is 104 cm³/mol. The van der Waals surface area contributed by atoms with E-state index in [1.54, 1.807) is 4.68 Å². The van der Waals surface area contributed by atoms with Gasteiger partial charge in [-0.3, -0.25) is 0 Å². The van der Waals surface area contributed by atoms with E-state index in [1.165, 1.54) is 24.2 Å². The first-order valence-electron chi connectivity index (χ1n) is 9.19. The third-order valence-corrected chi connectivity index (χ3v) is 5.15. The van der Waals surface area contributed by atoms with Gasteiger partial charge in [-0.1, -0.05) is 30.3 Å². The normalized spacial score (nSPS) is 16.5. The zero-order chi connectivity index (χ0) is 17.5. The number of hydrogen-bond donors (Lipinski definition) is 0. The van der Waals surface area contributed by atoms with Crippen molar-refractivity contribution in [1.82, 2.24) is 9.78 Å². The average molecular weight is 346 g/mol. The van der Waals surface area contributed by atoms with Gasteiger partial charge >= 0.3 is 0 Å². The van der Waals surface area contributed by atoms with Crippen LogP contribution in [0.3, 0.4) is 0 Å². The Morgan fingerprint density at radius 1 is 0.885 bits per heavy atom. The first-order chi connectivity index (χ1) is 12.8. The smallest absolute Gasteiger partial charge is 0.241 e. The fraction of sp³-hybridized carbons (Fsp3) is 0.286. The number of benzene rings is 2. The predicted octanol–water partition coefficient (Wildman–Crippen LogP) is 4.33. The fourth-order valence-electron chi connectivity index (χ4n) is 3.72. The fourth-order valence-corrected chi connectivity index (χ4v) is 3.72. The number of fused-ring (bicyclic) bond motifs is 1. The topological polar surface area (TPSA) is 33.5 Å². The highest BCUT2D eigenvalue weighted by molar-refractivity contribution is 5.81. The first-order valence-corrected chi connectivity index (χ1v) is 9.19. The molecule has 5 rings (SSSR count). The van der Waals surface area contributed by atoms with Crippen LogP contribution in [0.1, 0.15) is 12.8 Å². The van der Waals surface area contributed by atoms with Crippen LogP contribution >= 0.6 is 0 Å². The minimum Gasteiger partial charge on any atom is -0.437 e. The zero-order valence-electron chi connectivity index (χ0n) is 14.9. The van der Waals surface area contributed by atoms with Crippen molar-refractivity contribution in [2.75, 3.05) is 22.9 Å².